The number of piperidine rings is 1. The molecule has 150 valence electrons. The monoisotopic (exact) mass is 378 g/mol. The van der Waals surface area contributed by atoms with Crippen molar-refractivity contribution >= 4 is 11.9 Å². The van der Waals surface area contributed by atoms with Gasteiger partial charge in [-0.2, -0.15) is 13.2 Å². The smallest absolute Gasteiger partial charge is 0.341 e. The lowest BCUT2D eigenvalue weighted by Crippen LogP contribution is -2.46. The fraction of sp³-hybridized carbons (Fsp3) is 0.882. The fourth-order valence-corrected chi connectivity index (χ4v) is 3.54. The molecule has 0 radical (unpaired) electrons. The summed E-state index contributed by atoms with van der Waals surface area (Å²) in [7, 11) is 0. The number of hydrogen-bond acceptors (Lipinski definition) is 3. The number of nitrogens with zero attached hydrogens (tertiary/aromatic N) is 3. The molecule has 0 aromatic heterocycles. The summed E-state index contributed by atoms with van der Waals surface area (Å²) in [4.78, 5) is 29.1. The largest absolute Gasteiger partial charge is 0.401 e. The van der Waals surface area contributed by atoms with Crippen LogP contribution in [0.1, 0.15) is 32.6 Å². The van der Waals surface area contributed by atoms with E-state index in [1.807, 2.05) is 6.92 Å². The number of likely N-dealkylation sites (tertiary alicyclic amines) is 1. The van der Waals surface area contributed by atoms with Crippen LogP contribution in [0.4, 0.5) is 18.0 Å². The quantitative estimate of drug-likeness (QED) is 0.813. The van der Waals surface area contributed by atoms with E-state index < -0.39 is 12.7 Å². The number of hydrogen-bond donors (Lipinski definition) is 1. The maximum absolute atomic E-state index is 12.4. The van der Waals surface area contributed by atoms with Crippen LogP contribution in [0.15, 0.2) is 0 Å². The minimum Gasteiger partial charge on any atom is -0.341 e. The summed E-state index contributed by atoms with van der Waals surface area (Å²) in [6.07, 6.45) is -1.60. The number of amides is 3. The number of rotatable bonds is 4. The lowest BCUT2D eigenvalue weighted by molar-refractivity contribution is -0.148. The molecule has 0 atom stereocenters. The van der Waals surface area contributed by atoms with Gasteiger partial charge in [0.05, 0.1) is 6.54 Å². The average Bonchev–Trinajstić information content (AvgIpc) is 2.85. The lowest BCUT2D eigenvalue weighted by atomic mass is 9.97. The van der Waals surface area contributed by atoms with E-state index in [9.17, 15) is 22.8 Å². The average molecular weight is 378 g/mol. The second kappa shape index (κ2) is 9.43. The van der Waals surface area contributed by atoms with Gasteiger partial charge in [0.15, 0.2) is 0 Å². The Kier molecular flexibility index (Phi) is 7.55. The van der Waals surface area contributed by atoms with Gasteiger partial charge in [-0.05, 0) is 38.3 Å². The zero-order valence-electron chi connectivity index (χ0n) is 15.4. The maximum atomic E-state index is 12.4. The lowest BCUT2D eigenvalue weighted by Gasteiger charge is -2.32. The van der Waals surface area contributed by atoms with E-state index in [-0.39, 0.29) is 17.9 Å². The standard InChI is InChI=1S/C17H29F3N4O2/c1-2-15(25)23-6-3-7-24(11-10-23)16(26)21-12-14-4-8-22(9-5-14)13-17(18,19)20/h14H,2-13H2,1H3,(H,21,26). The normalized spacial score (nSPS) is 20.8. The summed E-state index contributed by atoms with van der Waals surface area (Å²) in [6, 6.07) is -0.145. The van der Waals surface area contributed by atoms with Gasteiger partial charge in [-0.1, -0.05) is 6.92 Å². The van der Waals surface area contributed by atoms with Gasteiger partial charge in [0.25, 0.3) is 0 Å². The Morgan fingerprint density at radius 2 is 1.62 bits per heavy atom. The predicted molar refractivity (Wildman–Crippen MR) is 91.7 cm³/mol. The number of alkyl halides is 3. The molecule has 1 N–H and O–H groups in total. The maximum Gasteiger partial charge on any atom is 0.401 e. The first-order valence-electron chi connectivity index (χ1n) is 9.38. The second-order valence-corrected chi connectivity index (χ2v) is 7.10. The Hall–Kier alpha value is -1.51. The van der Waals surface area contributed by atoms with Gasteiger partial charge in [-0.15, -0.1) is 0 Å². The molecule has 6 nitrogen and oxygen atoms in total. The molecule has 26 heavy (non-hydrogen) atoms. The Morgan fingerprint density at radius 1 is 1.00 bits per heavy atom. The molecule has 0 aliphatic carbocycles. The molecule has 9 heteroatoms. The molecule has 2 fully saturated rings. The van der Waals surface area contributed by atoms with Gasteiger partial charge in [-0.25, -0.2) is 4.79 Å². The van der Waals surface area contributed by atoms with Gasteiger partial charge in [0.1, 0.15) is 0 Å². The summed E-state index contributed by atoms with van der Waals surface area (Å²) in [5, 5.41) is 2.91. The summed E-state index contributed by atoms with van der Waals surface area (Å²) >= 11 is 0. The SMILES string of the molecule is CCC(=O)N1CCCN(C(=O)NCC2CCN(CC(F)(F)F)CC2)CC1. The van der Waals surface area contributed by atoms with E-state index in [0.29, 0.717) is 65.1 Å². The molecular weight excluding hydrogens is 349 g/mol. The van der Waals surface area contributed by atoms with Crippen LogP contribution in [0.5, 0.6) is 0 Å². The Labute approximate surface area is 152 Å². The van der Waals surface area contributed by atoms with Crippen LogP contribution < -0.4 is 5.32 Å². The van der Waals surface area contributed by atoms with Crippen molar-refractivity contribution in [3.8, 4) is 0 Å². The van der Waals surface area contributed by atoms with E-state index in [2.05, 4.69) is 5.32 Å². The van der Waals surface area contributed by atoms with Crippen LogP contribution in [0.3, 0.4) is 0 Å². The van der Waals surface area contributed by atoms with E-state index in [0.717, 1.165) is 6.42 Å². The van der Waals surface area contributed by atoms with Crippen molar-refractivity contribution in [2.75, 3.05) is 52.4 Å². The number of halogens is 3. The Balaban J connectivity index is 1.68. The number of carbonyl (C=O) groups is 2. The van der Waals surface area contributed by atoms with Gasteiger partial charge in [0, 0.05) is 39.1 Å². The highest BCUT2D eigenvalue weighted by atomic mass is 19.4. The molecule has 2 rings (SSSR count). The van der Waals surface area contributed by atoms with Crippen molar-refractivity contribution in [2.45, 2.75) is 38.8 Å². The molecule has 0 bridgehead atoms. The molecule has 0 spiro atoms. The van der Waals surface area contributed by atoms with Crippen LogP contribution in [-0.4, -0.2) is 85.2 Å². The van der Waals surface area contributed by atoms with E-state index in [1.54, 1.807) is 9.80 Å². The van der Waals surface area contributed by atoms with Crippen LogP contribution in [-0.2, 0) is 4.79 Å². The van der Waals surface area contributed by atoms with Crippen LogP contribution >= 0.6 is 0 Å². The van der Waals surface area contributed by atoms with Gasteiger partial charge >= 0.3 is 12.2 Å². The highest BCUT2D eigenvalue weighted by molar-refractivity contribution is 5.76. The molecule has 2 aliphatic heterocycles. The fourth-order valence-electron chi connectivity index (χ4n) is 3.54. The van der Waals surface area contributed by atoms with E-state index in [4.69, 9.17) is 0 Å². The zero-order chi connectivity index (χ0) is 19.2. The summed E-state index contributed by atoms with van der Waals surface area (Å²) in [5.74, 6) is 0.325. The predicted octanol–water partition coefficient (Wildman–Crippen LogP) is 1.91. The first-order valence-corrected chi connectivity index (χ1v) is 9.38. The molecule has 0 aromatic carbocycles. The van der Waals surface area contributed by atoms with E-state index >= 15 is 0 Å². The molecule has 2 heterocycles. The summed E-state index contributed by atoms with van der Waals surface area (Å²) < 4.78 is 37.2. The van der Waals surface area contributed by atoms with Gasteiger partial charge < -0.3 is 15.1 Å². The molecule has 0 unspecified atom stereocenters. The third kappa shape index (κ3) is 6.66. The summed E-state index contributed by atoms with van der Waals surface area (Å²) in [5.41, 5.74) is 0. The first kappa shape index (κ1) is 20.8. The minimum absolute atomic E-state index is 0.109. The molecule has 2 saturated heterocycles. The zero-order valence-corrected chi connectivity index (χ0v) is 15.4. The topological polar surface area (TPSA) is 55.9 Å². The van der Waals surface area contributed by atoms with Crippen LogP contribution in [0.2, 0.25) is 0 Å². The molecule has 0 saturated carbocycles. The van der Waals surface area contributed by atoms with Crippen molar-refractivity contribution in [1.29, 1.82) is 0 Å². The third-order valence-corrected chi connectivity index (χ3v) is 5.09. The second-order valence-electron chi connectivity index (χ2n) is 7.10. The van der Waals surface area contributed by atoms with Crippen molar-refractivity contribution in [3.05, 3.63) is 0 Å². The Morgan fingerprint density at radius 3 is 2.23 bits per heavy atom. The first-order chi connectivity index (χ1) is 12.3. The van der Waals surface area contributed by atoms with Crippen molar-refractivity contribution < 1.29 is 22.8 Å². The minimum atomic E-state index is -4.15. The molecular formula is C17H29F3N4O2. The highest BCUT2D eigenvalue weighted by Crippen LogP contribution is 2.22. The molecule has 0 aromatic rings. The molecule has 3 amide bonds. The summed E-state index contributed by atoms with van der Waals surface area (Å²) in [6.45, 7) is 4.65. The molecule has 2 aliphatic rings. The highest BCUT2D eigenvalue weighted by Gasteiger charge is 2.32. The number of carbonyl (C=O) groups excluding carboxylic acids is 2. The number of nitrogens with one attached hydrogen (secondary N) is 1. The van der Waals surface area contributed by atoms with E-state index in [1.165, 1.54) is 4.90 Å². The number of urea groups is 1. The van der Waals surface area contributed by atoms with Crippen molar-refractivity contribution in [1.82, 2.24) is 20.0 Å². The van der Waals surface area contributed by atoms with Gasteiger partial charge in [-0.3, -0.25) is 9.69 Å². The van der Waals surface area contributed by atoms with Crippen LogP contribution in [0.25, 0.3) is 0 Å². The van der Waals surface area contributed by atoms with Crippen molar-refractivity contribution in [3.63, 3.8) is 0 Å². The third-order valence-electron chi connectivity index (χ3n) is 5.09. The Bertz CT molecular complexity index is 479. The van der Waals surface area contributed by atoms with Crippen molar-refractivity contribution in [2.24, 2.45) is 5.92 Å². The van der Waals surface area contributed by atoms with Gasteiger partial charge in [0.2, 0.25) is 5.91 Å². The van der Waals surface area contributed by atoms with Crippen LogP contribution in [0, 0.1) is 5.92 Å².